The summed E-state index contributed by atoms with van der Waals surface area (Å²) in [5.74, 6) is 0. The van der Waals surface area contributed by atoms with Gasteiger partial charge in [0.15, 0.2) is 6.10 Å². The van der Waals surface area contributed by atoms with Crippen molar-refractivity contribution in [2.45, 2.75) is 6.10 Å². The number of ether oxygens (including phenoxy) is 1. The maximum atomic E-state index is 5.30. The van der Waals surface area contributed by atoms with Gasteiger partial charge in [-0.05, 0) is 12.2 Å². The molecule has 1 aromatic rings. The number of thiazole rings is 1. The summed E-state index contributed by atoms with van der Waals surface area (Å²) in [7, 11) is 0. The zero-order chi connectivity index (χ0) is 7.52. The van der Waals surface area contributed by atoms with Gasteiger partial charge in [0.05, 0.1) is 6.26 Å². The zero-order valence-corrected chi connectivity index (χ0v) is 6.62. The Hall–Kier alpha value is -1.09. The molecule has 0 radical (unpaired) electrons. The molecular formula is C8H7NOS. The zero-order valence-electron chi connectivity index (χ0n) is 5.81. The Morgan fingerprint density at radius 2 is 2.45 bits per heavy atom. The molecule has 1 aliphatic heterocycles. The van der Waals surface area contributed by atoms with Gasteiger partial charge in [-0.3, -0.25) is 0 Å². The highest BCUT2D eigenvalue weighted by molar-refractivity contribution is 7.09. The molecule has 56 valence electrons. The highest BCUT2D eigenvalue weighted by Crippen LogP contribution is 2.23. The molecule has 1 aromatic heterocycles. The molecule has 0 spiro atoms. The lowest BCUT2D eigenvalue weighted by atomic mass is 10.3. The number of hydrogen-bond acceptors (Lipinski definition) is 3. The second-order valence-electron chi connectivity index (χ2n) is 2.14. The van der Waals surface area contributed by atoms with Gasteiger partial charge in [0.25, 0.3) is 0 Å². The van der Waals surface area contributed by atoms with E-state index >= 15 is 0 Å². The van der Waals surface area contributed by atoms with E-state index in [1.54, 1.807) is 23.8 Å². The summed E-state index contributed by atoms with van der Waals surface area (Å²) >= 11 is 1.61. The molecule has 0 amide bonds. The van der Waals surface area contributed by atoms with E-state index in [1.807, 2.05) is 23.6 Å². The Morgan fingerprint density at radius 3 is 3.09 bits per heavy atom. The van der Waals surface area contributed by atoms with Gasteiger partial charge in [0.1, 0.15) is 5.01 Å². The van der Waals surface area contributed by atoms with Crippen molar-refractivity contribution >= 4 is 11.3 Å². The predicted octanol–water partition coefficient (Wildman–Crippen LogP) is 2.28. The Bertz CT molecular complexity index is 276. The van der Waals surface area contributed by atoms with Crippen molar-refractivity contribution in [1.29, 1.82) is 0 Å². The van der Waals surface area contributed by atoms with Gasteiger partial charge in [0.2, 0.25) is 0 Å². The first-order valence-electron chi connectivity index (χ1n) is 3.35. The molecule has 11 heavy (non-hydrogen) atoms. The summed E-state index contributed by atoms with van der Waals surface area (Å²) in [6.45, 7) is 0. The summed E-state index contributed by atoms with van der Waals surface area (Å²) in [5, 5.41) is 2.95. The number of hydrogen-bond donors (Lipinski definition) is 0. The second kappa shape index (κ2) is 2.88. The van der Waals surface area contributed by atoms with Crippen LogP contribution in [-0.2, 0) is 4.74 Å². The fourth-order valence-corrected chi connectivity index (χ4v) is 1.55. The Kier molecular flexibility index (Phi) is 1.73. The summed E-state index contributed by atoms with van der Waals surface area (Å²) < 4.78 is 5.30. The molecule has 0 fully saturated rings. The van der Waals surface area contributed by atoms with Crippen molar-refractivity contribution < 1.29 is 4.74 Å². The van der Waals surface area contributed by atoms with Crippen molar-refractivity contribution in [3.05, 3.63) is 41.1 Å². The quantitative estimate of drug-likeness (QED) is 0.637. The van der Waals surface area contributed by atoms with Crippen molar-refractivity contribution in [2.75, 3.05) is 0 Å². The van der Waals surface area contributed by atoms with Gasteiger partial charge in [-0.15, -0.1) is 11.3 Å². The van der Waals surface area contributed by atoms with Crippen molar-refractivity contribution in [3.63, 3.8) is 0 Å². The topological polar surface area (TPSA) is 22.1 Å². The first kappa shape index (κ1) is 6.61. The van der Waals surface area contributed by atoms with Gasteiger partial charge < -0.3 is 4.74 Å². The molecule has 0 saturated heterocycles. The van der Waals surface area contributed by atoms with Gasteiger partial charge in [-0.25, -0.2) is 4.98 Å². The highest BCUT2D eigenvalue weighted by atomic mass is 32.1. The van der Waals surface area contributed by atoms with Crippen molar-refractivity contribution in [3.8, 4) is 0 Å². The van der Waals surface area contributed by atoms with Crippen LogP contribution in [0.1, 0.15) is 11.1 Å². The summed E-state index contributed by atoms with van der Waals surface area (Å²) in [5.41, 5.74) is 0. The monoisotopic (exact) mass is 165 g/mol. The smallest absolute Gasteiger partial charge is 0.168 e. The molecule has 1 aliphatic rings. The van der Waals surface area contributed by atoms with Crippen LogP contribution in [0.5, 0.6) is 0 Å². The minimum absolute atomic E-state index is 0.0278. The van der Waals surface area contributed by atoms with E-state index in [-0.39, 0.29) is 6.10 Å². The van der Waals surface area contributed by atoms with Crippen LogP contribution >= 0.6 is 11.3 Å². The summed E-state index contributed by atoms with van der Waals surface area (Å²) in [6.07, 6.45) is 9.32. The van der Waals surface area contributed by atoms with E-state index < -0.39 is 0 Å². The van der Waals surface area contributed by atoms with Gasteiger partial charge in [-0.2, -0.15) is 0 Å². The average Bonchev–Trinajstić information content (AvgIpc) is 2.58. The lowest BCUT2D eigenvalue weighted by molar-refractivity contribution is 0.186. The molecule has 0 bridgehead atoms. The maximum Gasteiger partial charge on any atom is 0.168 e. The summed E-state index contributed by atoms with van der Waals surface area (Å²) in [6, 6.07) is 0. The fourth-order valence-electron chi connectivity index (χ4n) is 0.901. The number of rotatable bonds is 1. The third-order valence-corrected chi connectivity index (χ3v) is 2.23. The predicted molar refractivity (Wildman–Crippen MR) is 44.2 cm³/mol. The molecule has 2 heterocycles. The van der Waals surface area contributed by atoms with E-state index in [0.717, 1.165) is 5.01 Å². The van der Waals surface area contributed by atoms with Gasteiger partial charge >= 0.3 is 0 Å². The maximum absolute atomic E-state index is 5.30. The second-order valence-corrected chi connectivity index (χ2v) is 3.07. The lowest BCUT2D eigenvalue weighted by Gasteiger charge is -2.11. The average molecular weight is 165 g/mol. The van der Waals surface area contributed by atoms with E-state index in [1.165, 1.54) is 0 Å². The first-order valence-corrected chi connectivity index (χ1v) is 4.23. The molecule has 3 heteroatoms. The number of aromatic nitrogens is 1. The standard InChI is InChI=1S/C8H7NOS/c1-2-5-10-7(3-1)8-9-4-6-11-8/h1-7H. The third kappa shape index (κ3) is 1.33. The molecule has 0 saturated carbocycles. The molecule has 1 atom stereocenters. The molecule has 1 unspecified atom stereocenters. The first-order chi connectivity index (χ1) is 5.47. The van der Waals surface area contributed by atoms with Crippen LogP contribution < -0.4 is 0 Å². The Balaban J connectivity index is 2.19. The van der Waals surface area contributed by atoms with Crippen molar-refractivity contribution in [1.82, 2.24) is 4.98 Å². The normalized spacial score (nSPS) is 21.6. The molecule has 0 aromatic carbocycles. The van der Waals surface area contributed by atoms with E-state index in [0.29, 0.717) is 0 Å². The fraction of sp³-hybridized carbons (Fsp3) is 0.125. The van der Waals surface area contributed by atoms with Crippen molar-refractivity contribution in [2.24, 2.45) is 0 Å². The molecular weight excluding hydrogens is 158 g/mol. The largest absolute Gasteiger partial charge is 0.487 e. The number of allylic oxidation sites excluding steroid dienone is 2. The van der Waals surface area contributed by atoms with E-state index in [2.05, 4.69) is 4.98 Å². The van der Waals surface area contributed by atoms with Crippen LogP contribution in [0.3, 0.4) is 0 Å². The van der Waals surface area contributed by atoms with E-state index in [9.17, 15) is 0 Å². The van der Waals surface area contributed by atoms with Crippen LogP contribution in [0, 0.1) is 0 Å². The molecule has 2 nitrogen and oxygen atoms in total. The minimum atomic E-state index is 0.0278. The highest BCUT2D eigenvalue weighted by Gasteiger charge is 2.10. The molecule has 0 aliphatic carbocycles. The molecule has 0 N–H and O–H groups in total. The minimum Gasteiger partial charge on any atom is -0.487 e. The van der Waals surface area contributed by atoms with Crippen LogP contribution in [0.4, 0.5) is 0 Å². The Labute approximate surface area is 68.8 Å². The van der Waals surface area contributed by atoms with E-state index in [4.69, 9.17) is 4.74 Å². The SMILES string of the molecule is C1=COC(c2nccs2)C=C1. The third-order valence-electron chi connectivity index (χ3n) is 1.40. The summed E-state index contributed by atoms with van der Waals surface area (Å²) in [4.78, 5) is 4.15. The Morgan fingerprint density at radius 1 is 1.45 bits per heavy atom. The van der Waals surface area contributed by atoms with Crippen LogP contribution in [-0.4, -0.2) is 4.98 Å². The van der Waals surface area contributed by atoms with Crippen LogP contribution in [0.2, 0.25) is 0 Å². The van der Waals surface area contributed by atoms with Crippen LogP contribution in [0.15, 0.2) is 36.1 Å². The lowest BCUT2D eigenvalue weighted by Crippen LogP contribution is -1.97. The van der Waals surface area contributed by atoms with Crippen LogP contribution in [0.25, 0.3) is 0 Å². The van der Waals surface area contributed by atoms with Gasteiger partial charge in [0, 0.05) is 11.6 Å². The van der Waals surface area contributed by atoms with Gasteiger partial charge in [-0.1, -0.05) is 6.08 Å². The molecule has 2 rings (SSSR count). The number of nitrogens with zero attached hydrogens (tertiary/aromatic N) is 1.